The highest BCUT2D eigenvalue weighted by molar-refractivity contribution is 7.99. The molecule has 28 heavy (non-hydrogen) atoms. The lowest BCUT2D eigenvalue weighted by molar-refractivity contribution is -0.134. The average molecular weight is 403 g/mol. The van der Waals surface area contributed by atoms with Gasteiger partial charge in [0, 0.05) is 23.6 Å². The molecule has 0 saturated carbocycles. The minimum Gasteiger partial charge on any atom is -0.478 e. The molecule has 0 saturated heterocycles. The number of nitrogens with zero attached hydrogens (tertiary/aromatic N) is 1. The van der Waals surface area contributed by atoms with Crippen LogP contribution >= 0.6 is 11.8 Å². The summed E-state index contributed by atoms with van der Waals surface area (Å²) in [6.07, 6.45) is 1.12. The Kier molecular flexibility index (Phi) is 7.91. The molecule has 0 amide bonds. The van der Waals surface area contributed by atoms with E-state index < -0.39 is 11.9 Å². The van der Waals surface area contributed by atoms with Crippen molar-refractivity contribution in [1.29, 1.82) is 0 Å². The summed E-state index contributed by atoms with van der Waals surface area (Å²) >= 11 is 1.73. The van der Waals surface area contributed by atoms with Gasteiger partial charge in [-0.05, 0) is 37.9 Å². The molecule has 0 radical (unpaired) electrons. The van der Waals surface area contributed by atoms with Crippen LogP contribution in [0.4, 0.5) is 0 Å². The van der Waals surface area contributed by atoms with Crippen LogP contribution in [-0.2, 0) is 16.1 Å². The first kappa shape index (κ1) is 21.3. The number of aliphatic carboxylic acids is 2. The minimum atomic E-state index is -1.26. The molecular weight excluding hydrogens is 382 g/mol. The number of ether oxygens (including phenoxy) is 2. The van der Waals surface area contributed by atoms with E-state index in [0.29, 0.717) is 18.9 Å². The standard InChI is InChI=1S/C16H17NO2S.C4H4O4/c1-17(2)10-12-6-3-4-8-14(12)20-15-9-5-7-13-16(15)19-11-18-13;5-3(6)1-2-4(7)8/h3-9H,10-11H2,1-2H3;1-2H,(H,5,6)(H,7,8)/b;2-1-. The second kappa shape index (κ2) is 10.4. The molecule has 2 N–H and O–H groups in total. The third kappa shape index (κ3) is 6.64. The first-order valence-corrected chi connectivity index (χ1v) is 9.11. The highest BCUT2D eigenvalue weighted by Crippen LogP contribution is 2.44. The summed E-state index contributed by atoms with van der Waals surface area (Å²) in [7, 11) is 4.16. The Balaban J connectivity index is 0.000000300. The van der Waals surface area contributed by atoms with Gasteiger partial charge in [0.25, 0.3) is 0 Å². The predicted octanol–water partition coefficient (Wildman–Crippen LogP) is 3.34. The SMILES string of the molecule is CN(C)Cc1ccccc1Sc1cccc2c1OCO2.O=C(O)/C=C\C(=O)O. The van der Waals surface area contributed by atoms with Gasteiger partial charge >= 0.3 is 11.9 Å². The lowest BCUT2D eigenvalue weighted by Gasteiger charge is -2.14. The zero-order valence-corrected chi connectivity index (χ0v) is 16.3. The molecule has 2 aromatic carbocycles. The van der Waals surface area contributed by atoms with Gasteiger partial charge in [-0.3, -0.25) is 0 Å². The highest BCUT2D eigenvalue weighted by Gasteiger charge is 2.18. The summed E-state index contributed by atoms with van der Waals surface area (Å²) in [5.41, 5.74) is 1.32. The minimum absolute atomic E-state index is 0.312. The van der Waals surface area contributed by atoms with E-state index in [1.807, 2.05) is 12.1 Å². The largest absolute Gasteiger partial charge is 0.478 e. The van der Waals surface area contributed by atoms with Crippen LogP contribution in [0, 0.1) is 0 Å². The molecule has 7 nitrogen and oxygen atoms in total. The monoisotopic (exact) mass is 403 g/mol. The maximum atomic E-state index is 9.55. The van der Waals surface area contributed by atoms with Crippen LogP contribution in [0.15, 0.2) is 64.4 Å². The Morgan fingerprint density at radius 1 is 1.00 bits per heavy atom. The van der Waals surface area contributed by atoms with Crippen LogP contribution in [0.2, 0.25) is 0 Å². The predicted molar refractivity (Wildman–Crippen MR) is 105 cm³/mol. The van der Waals surface area contributed by atoms with Gasteiger partial charge in [0.15, 0.2) is 11.5 Å². The van der Waals surface area contributed by atoms with Crippen molar-refractivity contribution in [2.45, 2.75) is 16.3 Å². The summed E-state index contributed by atoms with van der Waals surface area (Å²) in [6, 6.07) is 14.5. The van der Waals surface area contributed by atoms with Gasteiger partial charge in [-0.1, -0.05) is 36.0 Å². The van der Waals surface area contributed by atoms with Gasteiger partial charge in [-0.25, -0.2) is 9.59 Å². The Hall–Kier alpha value is -2.97. The van der Waals surface area contributed by atoms with Crippen LogP contribution in [0.25, 0.3) is 0 Å². The molecule has 0 bridgehead atoms. The molecule has 1 aliphatic heterocycles. The van der Waals surface area contributed by atoms with E-state index in [1.165, 1.54) is 10.5 Å². The molecule has 0 spiro atoms. The zero-order valence-electron chi connectivity index (χ0n) is 15.5. The summed E-state index contributed by atoms with van der Waals surface area (Å²) in [4.78, 5) is 23.6. The third-order valence-electron chi connectivity index (χ3n) is 3.41. The van der Waals surface area contributed by atoms with Crippen LogP contribution in [0.3, 0.4) is 0 Å². The second-order valence-corrected chi connectivity index (χ2v) is 7.03. The number of benzene rings is 2. The molecule has 0 aromatic heterocycles. The first-order chi connectivity index (χ1) is 13.4. The first-order valence-electron chi connectivity index (χ1n) is 8.30. The Morgan fingerprint density at radius 2 is 1.64 bits per heavy atom. The number of fused-ring (bicyclic) bond motifs is 1. The van der Waals surface area contributed by atoms with Crippen molar-refractivity contribution >= 4 is 23.7 Å². The van der Waals surface area contributed by atoms with Crippen molar-refractivity contribution in [3.05, 3.63) is 60.2 Å². The van der Waals surface area contributed by atoms with E-state index in [1.54, 1.807) is 11.8 Å². The quantitative estimate of drug-likeness (QED) is 0.709. The summed E-state index contributed by atoms with van der Waals surface area (Å²) < 4.78 is 11.0. The molecule has 2 aromatic rings. The number of rotatable bonds is 6. The van der Waals surface area contributed by atoms with Gasteiger partial charge in [0.2, 0.25) is 6.79 Å². The van der Waals surface area contributed by atoms with E-state index in [0.717, 1.165) is 22.9 Å². The molecule has 8 heteroatoms. The molecule has 1 heterocycles. The molecule has 3 rings (SSSR count). The van der Waals surface area contributed by atoms with Crippen molar-refractivity contribution in [1.82, 2.24) is 4.90 Å². The number of hydrogen-bond donors (Lipinski definition) is 2. The van der Waals surface area contributed by atoms with Gasteiger partial charge in [-0.2, -0.15) is 0 Å². The summed E-state index contributed by atoms with van der Waals surface area (Å²) in [6.45, 7) is 1.24. The molecule has 0 unspecified atom stereocenters. The topological polar surface area (TPSA) is 96.3 Å². The molecular formula is C20H21NO6S. The summed E-state index contributed by atoms with van der Waals surface area (Å²) in [5.74, 6) is -0.822. The molecule has 1 aliphatic rings. The van der Waals surface area contributed by atoms with E-state index in [-0.39, 0.29) is 0 Å². The third-order valence-corrected chi connectivity index (χ3v) is 4.57. The second-order valence-electron chi connectivity index (χ2n) is 5.95. The van der Waals surface area contributed by atoms with Crippen molar-refractivity contribution < 1.29 is 29.3 Å². The van der Waals surface area contributed by atoms with Gasteiger partial charge in [0.05, 0.1) is 4.90 Å². The van der Waals surface area contributed by atoms with Gasteiger partial charge < -0.3 is 24.6 Å². The van der Waals surface area contributed by atoms with Crippen LogP contribution in [0.1, 0.15) is 5.56 Å². The van der Waals surface area contributed by atoms with Crippen molar-refractivity contribution in [2.24, 2.45) is 0 Å². The molecule has 148 valence electrons. The van der Waals surface area contributed by atoms with E-state index in [4.69, 9.17) is 19.7 Å². The van der Waals surface area contributed by atoms with Crippen molar-refractivity contribution in [3.8, 4) is 11.5 Å². The Labute approximate surface area is 167 Å². The number of carbonyl (C=O) groups is 2. The lowest BCUT2D eigenvalue weighted by Crippen LogP contribution is -2.11. The van der Waals surface area contributed by atoms with Crippen LogP contribution < -0.4 is 9.47 Å². The number of hydrogen-bond acceptors (Lipinski definition) is 6. The zero-order chi connectivity index (χ0) is 20.5. The fourth-order valence-corrected chi connectivity index (χ4v) is 3.37. The van der Waals surface area contributed by atoms with E-state index in [9.17, 15) is 9.59 Å². The fraction of sp³-hybridized carbons (Fsp3) is 0.200. The average Bonchev–Trinajstić information content (AvgIpc) is 3.11. The molecule has 0 atom stereocenters. The maximum Gasteiger partial charge on any atom is 0.328 e. The molecule has 0 aliphatic carbocycles. The van der Waals surface area contributed by atoms with Crippen molar-refractivity contribution in [2.75, 3.05) is 20.9 Å². The van der Waals surface area contributed by atoms with Crippen molar-refractivity contribution in [3.63, 3.8) is 0 Å². The summed E-state index contributed by atoms with van der Waals surface area (Å²) in [5, 5.41) is 15.6. The van der Waals surface area contributed by atoms with Gasteiger partial charge in [-0.15, -0.1) is 0 Å². The Bertz CT molecular complexity index is 850. The van der Waals surface area contributed by atoms with Gasteiger partial charge in [0.1, 0.15) is 0 Å². The number of carboxylic acids is 2. The smallest absolute Gasteiger partial charge is 0.328 e. The highest BCUT2D eigenvalue weighted by atomic mass is 32.2. The molecule has 0 fully saturated rings. The lowest BCUT2D eigenvalue weighted by atomic mass is 10.2. The normalized spacial score (nSPS) is 12.0. The van der Waals surface area contributed by atoms with E-state index >= 15 is 0 Å². The van der Waals surface area contributed by atoms with Crippen LogP contribution in [-0.4, -0.2) is 47.9 Å². The van der Waals surface area contributed by atoms with E-state index in [2.05, 4.69) is 49.3 Å². The maximum absolute atomic E-state index is 9.55. The number of carboxylic acid groups (broad SMARTS) is 2. The Morgan fingerprint density at radius 3 is 2.29 bits per heavy atom. The van der Waals surface area contributed by atoms with Crippen LogP contribution in [0.5, 0.6) is 11.5 Å². The fourth-order valence-electron chi connectivity index (χ4n) is 2.32. The number of para-hydroxylation sites is 1.